The van der Waals surface area contributed by atoms with Crippen molar-refractivity contribution in [2.45, 2.75) is 25.9 Å². The highest BCUT2D eigenvalue weighted by molar-refractivity contribution is 5.90. The van der Waals surface area contributed by atoms with Gasteiger partial charge in [0, 0.05) is 13.0 Å². The van der Waals surface area contributed by atoms with Crippen molar-refractivity contribution in [3.8, 4) is 0 Å². The van der Waals surface area contributed by atoms with Crippen LogP contribution in [0.15, 0.2) is 0 Å². The van der Waals surface area contributed by atoms with Crippen LogP contribution < -0.4 is 5.32 Å². The standard InChI is InChI=1S/C8H11F3N4O/c1-2-5-13-6(15-14-5)7(16)12-4-3-8(9,10)11/h2-4H2,1H3,(H,12,16)(H,13,14,15). The highest BCUT2D eigenvalue weighted by Gasteiger charge is 2.26. The van der Waals surface area contributed by atoms with Gasteiger partial charge in [0.25, 0.3) is 5.91 Å². The van der Waals surface area contributed by atoms with E-state index in [1.165, 1.54) is 0 Å². The summed E-state index contributed by atoms with van der Waals surface area (Å²) in [7, 11) is 0. The van der Waals surface area contributed by atoms with Crippen molar-refractivity contribution in [1.29, 1.82) is 0 Å². The Morgan fingerprint density at radius 2 is 2.19 bits per heavy atom. The van der Waals surface area contributed by atoms with Gasteiger partial charge in [0.05, 0.1) is 6.42 Å². The molecule has 1 amide bonds. The van der Waals surface area contributed by atoms with Gasteiger partial charge in [-0.15, -0.1) is 5.10 Å². The SMILES string of the molecule is CCc1nc(C(=O)NCCC(F)(F)F)n[nH]1. The average Bonchev–Trinajstić information content (AvgIpc) is 2.63. The zero-order valence-corrected chi connectivity index (χ0v) is 8.56. The molecule has 0 atom stereocenters. The van der Waals surface area contributed by atoms with E-state index in [1.807, 2.05) is 6.92 Å². The Morgan fingerprint density at radius 3 is 2.69 bits per heavy atom. The van der Waals surface area contributed by atoms with Crippen LogP contribution in [0.5, 0.6) is 0 Å². The van der Waals surface area contributed by atoms with E-state index in [1.54, 1.807) is 0 Å². The van der Waals surface area contributed by atoms with E-state index in [9.17, 15) is 18.0 Å². The lowest BCUT2D eigenvalue weighted by Crippen LogP contribution is -2.28. The van der Waals surface area contributed by atoms with Crippen LogP contribution in [-0.4, -0.2) is 33.8 Å². The average molecular weight is 236 g/mol. The van der Waals surface area contributed by atoms with E-state index in [0.717, 1.165) is 0 Å². The topological polar surface area (TPSA) is 70.7 Å². The van der Waals surface area contributed by atoms with E-state index in [-0.39, 0.29) is 5.82 Å². The van der Waals surface area contributed by atoms with Crippen molar-refractivity contribution in [2.75, 3.05) is 6.54 Å². The molecule has 0 fully saturated rings. The van der Waals surface area contributed by atoms with Crippen molar-refractivity contribution in [1.82, 2.24) is 20.5 Å². The van der Waals surface area contributed by atoms with Crippen molar-refractivity contribution < 1.29 is 18.0 Å². The molecule has 1 aromatic rings. The molecule has 8 heteroatoms. The van der Waals surface area contributed by atoms with Gasteiger partial charge in [0.1, 0.15) is 5.82 Å². The van der Waals surface area contributed by atoms with E-state index in [4.69, 9.17) is 0 Å². The summed E-state index contributed by atoms with van der Waals surface area (Å²) in [6, 6.07) is 0. The smallest absolute Gasteiger partial charge is 0.349 e. The number of hydrogen-bond acceptors (Lipinski definition) is 3. The number of carbonyl (C=O) groups is 1. The molecule has 1 heterocycles. The van der Waals surface area contributed by atoms with Gasteiger partial charge in [0.2, 0.25) is 5.82 Å². The number of halogens is 3. The van der Waals surface area contributed by atoms with Gasteiger partial charge in [0.15, 0.2) is 0 Å². The Hall–Kier alpha value is -1.60. The maximum atomic E-state index is 11.8. The number of amides is 1. The number of hydrogen-bond donors (Lipinski definition) is 2. The first-order chi connectivity index (χ1) is 7.42. The summed E-state index contributed by atoms with van der Waals surface area (Å²) in [5.74, 6) is -0.333. The first kappa shape index (κ1) is 12.5. The summed E-state index contributed by atoms with van der Waals surface area (Å²) in [4.78, 5) is 15.0. The third-order valence-electron chi connectivity index (χ3n) is 1.76. The number of alkyl halides is 3. The molecule has 0 radical (unpaired) electrons. The maximum Gasteiger partial charge on any atom is 0.390 e. The van der Waals surface area contributed by atoms with E-state index in [2.05, 4.69) is 20.5 Å². The van der Waals surface area contributed by atoms with E-state index >= 15 is 0 Å². The Bertz CT molecular complexity index is 360. The van der Waals surface area contributed by atoms with Gasteiger partial charge in [-0.1, -0.05) is 6.92 Å². The molecule has 0 aliphatic carbocycles. The minimum Gasteiger partial charge on any atom is -0.349 e. The second kappa shape index (κ2) is 4.95. The summed E-state index contributed by atoms with van der Waals surface area (Å²) in [5, 5.41) is 8.16. The maximum absolute atomic E-state index is 11.8. The number of rotatable bonds is 4. The first-order valence-corrected chi connectivity index (χ1v) is 4.68. The van der Waals surface area contributed by atoms with Crippen LogP contribution in [0.3, 0.4) is 0 Å². The normalized spacial score (nSPS) is 11.5. The molecule has 0 saturated heterocycles. The van der Waals surface area contributed by atoms with E-state index < -0.39 is 25.0 Å². The van der Waals surface area contributed by atoms with Crippen LogP contribution in [0.1, 0.15) is 29.8 Å². The Morgan fingerprint density at radius 1 is 1.50 bits per heavy atom. The van der Waals surface area contributed by atoms with Crippen LogP contribution in [-0.2, 0) is 6.42 Å². The van der Waals surface area contributed by atoms with Gasteiger partial charge < -0.3 is 5.32 Å². The molecule has 90 valence electrons. The monoisotopic (exact) mass is 236 g/mol. The van der Waals surface area contributed by atoms with Crippen molar-refractivity contribution in [3.05, 3.63) is 11.6 Å². The van der Waals surface area contributed by atoms with Gasteiger partial charge in [-0.25, -0.2) is 4.98 Å². The van der Waals surface area contributed by atoms with E-state index in [0.29, 0.717) is 12.2 Å². The first-order valence-electron chi connectivity index (χ1n) is 4.68. The molecule has 0 unspecified atom stereocenters. The highest BCUT2D eigenvalue weighted by Crippen LogP contribution is 2.18. The summed E-state index contributed by atoms with van der Waals surface area (Å²) in [6.07, 6.45) is -4.77. The fraction of sp³-hybridized carbons (Fsp3) is 0.625. The number of nitrogens with zero attached hydrogens (tertiary/aromatic N) is 2. The predicted molar refractivity (Wildman–Crippen MR) is 48.8 cm³/mol. The fourth-order valence-electron chi connectivity index (χ4n) is 0.952. The third-order valence-corrected chi connectivity index (χ3v) is 1.76. The third kappa shape index (κ3) is 3.87. The zero-order valence-electron chi connectivity index (χ0n) is 8.56. The molecule has 5 nitrogen and oxygen atoms in total. The molecule has 1 rings (SSSR count). The molecular formula is C8H11F3N4O. The van der Waals surface area contributed by atoms with Crippen molar-refractivity contribution >= 4 is 5.91 Å². The Kier molecular flexibility index (Phi) is 3.86. The molecule has 2 N–H and O–H groups in total. The highest BCUT2D eigenvalue weighted by atomic mass is 19.4. The van der Waals surface area contributed by atoms with Crippen molar-refractivity contribution in [3.63, 3.8) is 0 Å². The molecule has 0 spiro atoms. The number of H-pyrrole nitrogens is 1. The summed E-state index contributed by atoms with van der Waals surface area (Å²) >= 11 is 0. The molecule has 16 heavy (non-hydrogen) atoms. The Labute approximate surface area is 89.4 Å². The minimum atomic E-state index is -4.28. The van der Waals surface area contributed by atoms with Gasteiger partial charge in [-0.2, -0.15) is 13.2 Å². The van der Waals surface area contributed by atoms with Crippen molar-refractivity contribution in [2.24, 2.45) is 0 Å². The van der Waals surface area contributed by atoms with Crippen LogP contribution in [0.2, 0.25) is 0 Å². The summed E-state index contributed by atoms with van der Waals surface area (Å²) in [5.41, 5.74) is 0. The number of aryl methyl sites for hydroxylation is 1. The second-order valence-electron chi connectivity index (χ2n) is 3.08. The zero-order chi connectivity index (χ0) is 12.2. The molecule has 0 aliphatic rings. The minimum absolute atomic E-state index is 0.140. The summed E-state index contributed by atoms with van der Waals surface area (Å²) in [6.45, 7) is 1.34. The van der Waals surface area contributed by atoms with Gasteiger partial charge in [-0.05, 0) is 0 Å². The van der Waals surface area contributed by atoms with Gasteiger partial charge in [-0.3, -0.25) is 9.89 Å². The number of nitrogens with one attached hydrogen (secondary N) is 2. The number of aromatic amines is 1. The van der Waals surface area contributed by atoms with Crippen LogP contribution in [0.4, 0.5) is 13.2 Å². The molecule has 1 aromatic heterocycles. The lowest BCUT2D eigenvalue weighted by Gasteiger charge is -2.05. The second-order valence-corrected chi connectivity index (χ2v) is 3.08. The fourth-order valence-corrected chi connectivity index (χ4v) is 0.952. The lowest BCUT2D eigenvalue weighted by atomic mass is 10.4. The van der Waals surface area contributed by atoms with Gasteiger partial charge >= 0.3 is 6.18 Å². The number of aromatic nitrogens is 3. The Balaban J connectivity index is 2.41. The largest absolute Gasteiger partial charge is 0.390 e. The quantitative estimate of drug-likeness (QED) is 0.820. The summed E-state index contributed by atoms with van der Waals surface area (Å²) < 4.78 is 35.3. The molecule has 0 aliphatic heterocycles. The molecule has 0 bridgehead atoms. The number of carbonyl (C=O) groups excluding carboxylic acids is 1. The van der Waals surface area contributed by atoms with Crippen LogP contribution >= 0.6 is 0 Å². The molecule has 0 saturated carbocycles. The predicted octanol–water partition coefficient (Wildman–Crippen LogP) is 1.05. The van der Waals surface area contributed by atoms with Crippen LogP contribution in [0.25, 0.3) is 0 Å². The van der Waals surface area contributed by atoms with Crippen LogP contribution in [0, 0.1) is 0 Å². The molecular weight excluding hydrogens is 225 g/mol. The lowest BCUT2D eigenvalue weighted by molar-refractivity contribution is -0.133. The molecule has 0 aromatic carbocycles.